The van der Waals surface area contributed by atoms with Gasteiger partial charge in [0.1, 0.15) is 0 Å². The number of rotatable bonds is 1. The molecule has 0 saturated carbocycles. The Morgan fingerprint density at radius 3 is 2.67 bits per heavy atom. The van der Waals surface area contributed by atoms with E-state index >= 15 is 0 Å². The van der Waals surface area contributed by atoms with E-state index in [1.54, 1.807) is 0 Å². The Morgan fingerprint density at radius 1 is 1.50 bits per heavy atom. The van der Waals surface area contributed by atoms with Crippen LogP contribution in [0.2, 0.25) is 0 Å². The van der Waals surface area contributed by atoms with Crippen LogP contribution < -0.4 is 10.8 Å². The Morgan fingerprint density at radius 2 is 2.17 bits per heavy atom. The molecular formula is C7H11N2O3-. The van der Waals surface area contributed by atoms with Gasteiger partial charge in [-0.1, -0.05) is 0 Å². The largest absolute Gasteiger partial charge is 0.550 e. The number of primary amides is 1. The molecule has 12 heavy (non-hydrogen) atoms. The minimum atomic E-state index is -1.10. The van der Waals surface area contributed by atoms with Crippen LogP contribution in [0.1, 0.15) is 12.8 Å². The molecule has 5 nitrogen and oxygen atoms in total. The zero-order valence-electron chi connectivity index (χ0n) is 6.66. The van der Waals surface area contributed by atoms with Gasteiger partial charge in [0.05, 0.1) is 0 Å². The van der Waals surface area contributed by atoms with Gasteiger partial charge >= 0.3 is 6.03 Å². The third-order valence-electron chi connectivity index (χ3n) is 2.07. The Bertz CT molecular complexity index is 185. The van der Waals surface area contributed by atoms with E-state index in [9.17, 15) is 14.7 Å². The normalized spacial score (nSPS) is 23.7. The molecule has 0 aromatic carbocycles. The highest BCUT2D eigenvalue weighted by Gasteiger charge is 2.22. The van der Waals surface area contributed by atoms with Gasteiger partial charge in [0, 0.05) is 25.0 Å². The van der Waals surface area contributed by atoms with Gasteiger partial charge in [-0.3, -0.25) is 0 Å². The zero-order valence-corrected chi connectivity index (χ0v) is 6.66. The molecule has 0 spiro atoms. The molecule has 2 N–H and O–H groups in total. The molecule has 2 amide bonds. The van der Waals surface area contributed by atoms with Crippen molar-refractivity contribution in [2.75, 3.05) is 13.1 Å². The lowest BCUT2D eigenvalue weighted by atomic mass is 9.99. The van der Waals surface area contributed by atoms with E-state index in [-0.39, 0.29) is 6.54 Å². The van der Waals surface area contributed by atoms with Crippen molar-refractivity contribution in [1.29, 1.82) is 0 Å². The van der Waals surface area contributed by atoms with Gasteiger partial charge in [-0.2, -0.15) is 0 Å². The predicted molar refractivity (Wildman–Crippen MR) is 38.9 cm³/mol. The number of likely N-dealkylation sites (tertiary alicyclic amines) is 1. The summed E-state index contributed by atoms with van der Waals surface area (Å²) in [6, 6.07) is -0.555. The van der Waals surface area contributed by atoms with E-state index in [0.717, 1.165) is 0 Å². The Labute approximate surface area is 70.1 Å². The first-order valence-electron chi connectivity index (χ1n) is 3.86. The molecule has 0 bridgehead atoms. The van der Waals surface area contributed by atoms with E-state index < -0.39 is 17.9 Å². The molecule has 1 heterocycles. The molecule has 0 aromatic heterocycles. The number of urea groups is 1. The molecule has 1 rings (SSSR count). The second-order valence-electron chi connectivity index (χ2n) is 2.94. The van der Waals surface area contributed by atoms with Crippen molar-refractivity contribution in [2.24, 2.45) is 11.7 Å². The number of hydrogen-bond acceptors (Lipinski definition) is 3. The fourth-order valence-electron chi connectivity index (χ4n) is 1.37. The summed E-state index contributed by atoms with van der Waals surface area (Å²) in [5.74, 6) is -1.65. The Kier molecular flexibility index (Phi) is 2.52. The maximum atomic E-state index is 10.7. The van der Waals surface area contributed by atoms with Gasteiger partial charge in [0.25, 0.3) is 0 Å². The van der Waals surface area contributed by atoms with Gasteiger partial charge < -0.3 is 20.5 Å². The molecule has 0 aromatic rings. The number of piperidine rings is 1. The fraction of sp³-hybridized carbons (Fsp3) is 0.714. The van der Waals surface area contributed by atoms with Crippen molar-refractivity contribution in [3.05, 3.63) is 0 Å². The summed E-state index contributed by atoms with van der Waals surface area (Å²) >= 11 is 0. The van der Waals surface area contributed by atoms with E-state index in [0.29, 0.717) is 19.4 Å². The summed E-state index contributed by atoms with van der Waals surface area (Å²) in [4.78, 5) is 22.4. The second-order valence-corrected chi connectivity index (χ2v) is 2.94. The number of nitrogens with zero attached hydrogens (tertiary/aromatic N) is 1. The summed E-state index contributed by atoms with van der Waals surface area (Å²) in [6.07, 6.45) is 1.26. The molecular weight excluding hydrogens is 160 g/mol. The summed E-state index contributed by atoms with van der Waals surface area (Å²) in [5, 5.41) is 10.4. The summed E-state index contributed by atoms with van der Waals surface area (Å²) in [7, 11) is 0. The first kappa shape index (κ1) is 8.83. The number of aliphatic carboxylic acids is 1. The summed E-state index contributed by atoms with van der Waals surface area (Å²) in [6.45, 7) is 0.747. The third-order valence-corrected chi connectivity index (χ3v) is 2.07. The highest BCUT2D eigenvalue weighted by atomic mass is 16.4. The lowest BCUT2D eigenvalue weighted by molar-refractivity contribution is -0.312. The van der Waals surface area contributed by atoms with Crippen LogP contribution in [0.4, 0.5) is 4.79 Å². The summed E-state index contributed by atoms with van der Waals surface area (Å²) in [5.41, 5.74) is 5.00. The molecule has 68 valence electrons. The topological polar surface area (TPSA) is 86.5 Å². The van der Waals surface area contributed by atoms with Crippen LogP contribution in [0, 0.1) is 5.92 Å². The first-order valence-corrected chi connectivity index (χ1v) is 3.86. The van der Waals surface area contributed by atoms with E-state index in [2.05, 4.69) is 0 Å². The average molecular weight is 171 g/mol. The number of amides is 2. The highest BCUT2D eigenvalue weighted by Crippen LogP contribution is 2.14. The van der Waals surface area contributed by atoms with Gasteiger partial charge in [0.15, 0.2) is 0 Å². The standard InChI is InChI=1S/C7H12N2O3/c8-7(12)9-3-1-2-5(4-9)6(10)11/h5H,1-4H2,(H2,8,12)(H,10,11)/p-1/t5-/m0/s1. The molecule has 1 saturated heterocycles. The SMILES string of the molecule is NC(=O)N1CCC[C@H](C(=O)[O-])C1. The molecule has 5 heteroatoms. The molecule has 0 aliphatic carbocycles. The van der Waals surface area contributed by atoms with E-state index in [1.165, 1.54) is 4.90 Å². The van der Waals surface area contributed by atoms with Gasteiger partial charge in [-0.05, 0) is 12.8 Å². The zero-order chi connectivity index (χ0) is 9.14. The van der Waals surface area contributed by atoms with Crippen molar-refractivity contribution in [3.63, 3.8) is 0 Å². The smallest absolute Gasteiger partial charge is 0.314 e. The van der Waals surface area contributed by atoms with Crippen molar-refractivity contribution in [1.82, 2.24) is 4.90 Å². The Balaban J connectivity index is 2.51. The maximum absolute atomic E-state index is 10.7. The average Bonchev–Trinajstić information content (AvgIpc) is 2.04. The third kappa shape index (κ3) is 1.87. The van der Waals surface area contributed by atoms with Gasteiger partial charge in [-0.25, -0.2) is 4.79 Å². The summed E-state index contributed by atoms with van der Waals surface area (Å²) < 4.78 is 0. The van der Waals surface area contributed by atoms with Gasteiger partial charge in [-0.15, -0.1) is 0 Å². The van der Waals surface area contributed by atoms with Crippen molar-refractivity contribution < 1.29 is 14.7 Å². The molecule has 0 unspecified atom stereocenters. The number of carboxylic acid groups (broad SMARTS) is 1. The minimum absolute atomic E-state index is 0.192. The monoisotopic (exact) mass is 171 g/mol. The second kappa shape index (κ2) is 3.42. The van der Waals surface area contributed by atoms with Crippen LogP contribution in [0.15, 0.2) is 0 Å². The Hall–Kier alpha value is -1.26. The van der Waals surface area contributed by atoms with Crippen LogP contribution in [0.5, 0.6) is 0 Å². The number of carbonyl (C=O) groups excluding carboxylic acids is 2. The molecule has 1 aliphatic heterocycles. The van der Waals surface area contributed by atoms with Crippen LogP contribution in [0.25, 0.3) is 0 Å². The first-order chi connectivity index (χ1) is 5.61. The van der Waals surface area contributed by atoms with E-state index in [4.69, 9.17) is 5.73 Å². The lowest BCUT2D eigenvalue weighted by Gasteiger charge is -2.31. The van der Waals surface area contributed by atoms with Gasteiger partial charge in [0.2, 0.25) is 0 Å². The predicted octanol–water partition coefficient (Wildman–Crippen LogP) is -1.47. The number of nitrogens with two attached hydrogens (primary N) is 1. The molecule has 0 radical (unpaired) electrons. The van der Waals surface area contributed by atoms with Crippen molar-refractivity contribution in [3.8, 4) is 0 Å². The number of carboxylic acids is 1. The van der Waals surface area contributed by atoms with E-state index in [1.807, 2.05) is 0 Å². The maximum Gasteiger partial charge on any atom is 0.314 e. The number of hydrogen-bond donors (Lipinski definition) is 1. The lowest BCUT2D eigenvalue weighted by Crippen LogP contribution is -2.47. The molecule has 1 atom stereocenters. The highest BCUT2D eigenvalue weighted by molar-refractivity contribution is 5.74. The molecule has 1 fully saturated rings. The minimum Gasteiger partial charge on any atom is -0.550 e. The quantitative estimate of drug-likeness (QED) is 0.522. The van der Waals surface area contributed by atoms with Crippen LogP contribution >= 0.6 is 0 Å². The fourth-order valence-corrected chi connectivity index (χ4v) is 1.37. The van der Waals surface area contributed by atoms with Crippen LogP contribution in [0.3, 0.4) is 0 Å². The van der Waals surface area contributed by atoms with Crippen LogP contribution in [-0.2, 0) is 4.79 Å². The van der Waals surface area contributed by atoms with Crippen molar-refractivity contribution in [2.45, 2.75) is 12.8 Å². The van der Waals surface area contributed by atoms with Crippen LogP contribution in [-0.4, -0.2) is 30.0 Å². The van der Waals surface area contributed by atoms with Crippen molar-refractivity contribution >= 4 is 12.0 Å². The molecule has 1 aliphatic rings. The number of carbonyl (C=O) groups is 2.